The molecule has 0 spiro atoms. The van der Waals surface area contributed by atoms with Crippen LogP contribution in [-0.2, 0) is 0 Å². The highest BCUT2D eigenvalue weighted by Gasteiger charge is 2.14. The van der Waals surface area contributed by atoms with Crippen molar-refractivity contribution in [3.05, 3.63) is 65.2 Å². The van der Waals surface area contributed by atoms with Crippen LogP contribution in [0.5, 0.6) is 5.75 Å². The Kier molecular flexibility index (Phi) is 4.23. The molecule has 0 saturated carbocycles. The number of benzene rings is 2. The van der Waals surface area contributed by atoms with E-state index in [2.05, 4.69) is 31.2 Å². The van der Waals surface area contributed by atoms with E-state index in [1.807, 2.05) is 38.1 Å². The Bertz CT molecular complexity index is 531. The fourth-order valence-corrected chi connectivity index (χ4v) is 2.05. The molecule has 0 heterocycles. The fourth-order valence-electron chi connectivity index (χ4n) is 2.05. The summed E-state index contributed by atoms with van der Waals surface area (Å²) in [6.45, 7) is 6.12. The zero-order valence-electron chi connectivity index (χ0n) is 11.8. The normalized spacial score (nSPS) is 12.5. The van der Waals surface area contributed by atoms with E-state index in [1.54, 1.807) is 0 Å². The minimum Gasteiger partial charge on any atom is -0.491 e. The minimum absolute atomic E-state index is 0.145. The maximum absolute atomic E-state index is 6.36. The highest BCUT2D eigenvalue weighted by Crippen LogP contribution is 2.29. The Morgan fingerprint density at radius 1 is 0.947 bits per heavy atom. The van der Waals surface area contributed by atoms with Crippen LogP contribution in [0.3, 0.4) is 0 Å². The molecule has 0 aliphatic rings. The molecule has 2 rings (SSSR count). The average Bonchev–Trinajstić information content (AvgIpc) is 2.39. The monoisotopic (exact) mass is 255 g/mol. The number of ether oxygens (including phenoxy) is 1. The van der Waals surface area contributed by atoms with Crippen molar-refractivity contribution in [1.29, 1.82) is 0 Å². The Labute approximate surface area is 115 Å². The van der Waals surface area contributed by atoms with Gasteiger partial charge in [-0.25, -0.2) is 0 Å². The molecular formula is C17H21NO. The zero-order chi connectivity index (χ0) is 13.8. The molecule has 0 aromatic heterocycles. The fraction of sp³-hybridized carbons (Fsp3) is 0.294. The molecule has 2 heteroatoms. The third-order valence-electron chi connectivity index (χ3n) is 3.05. The second kappa shape index (κ2) is 5.89. The molecule has 100 valence electrons. The van der Waals surface area contributed by atoms with E-state index >= 15 is 0 Å². The van der Waals surface area contributed by atoms with Gasteiger partial charge in [-0.15, -0.1) is 0 Å². The van der Waals surface area contributed by atoms with Crippen LogP contribution in [0.2, 0.25) is 0 Å². The SMILES string of the molecule is Cc1ccc(C(N)c2ccccc2OC(C)C)cc1. The van der Waals surface area contributed by atoms with Gasteiger partial charge in [0.2, 0.25) is 0 Å². The van der Waals surface area contributed by atoms with Crippen molar-refractivity contribution in [3.63, 3.8) is 0 Å². The first kappa shape index (κ1) is 13.6. The lowest BCUT2D eigenvalue weighted by atomic mass is 9.98. The van der Waals surface area contributed by atoms with Crippen LogP contribution in [0, 0.1) is 6.92 Å². The number of hydrogen-bond acceptors (Lipinski definition) is 2. The van der Waals surface area contributed by atoms with Crippen molar-refractivity contribution < 1.29 is 4.74 Å². The largest absolute Gasteiger partial charge is 0.491 e. The van der Waals surface area contributed by atoms with E-state index < -0.39 is 0 Å². The molecule has 1 atom stereocenters. The molecule has 2 nitrogen and oxygen atoms in total. The van der Waals surface area contributed by atoms with Gasteiger partial charge in [0.05, 0.1) is 12.1 Å². The molecule has 2 N–H and O–H groups in total. The first-order valence-electron chi connectivity index (χ1n) is 6.65. The van der Waals surface area contributed by atoms with Gasteiger partial charge < -0.3 is 10.5 Å². The molecule has 1 unspecified atom stereocenters. The molecule has 0 fully saturated rings. The van der Waals surface area contributed by atoms with Gasteiger partial charge in [0.25, 0.3) is 0 Å². The summed E-state index contributed by atoms with van der Waals surface area (Å²) in [4.78, 5) is 0. The van der Waals surface area contributed by atoms with Gasteiger partial charge in [0.1, 0.15) is 5.75 Å². The molecular weight excluding hydrogens is 234 g/mol. The number of aryl methyl sites for hydroxylation is 1. The van der Waals surface area contributed by atoms with Crippen molar-refractivity contribution in [2.45, 2.75) is 32.9 Å². The first-order valence-corrected chi connectivity index (χ1v) is 6.65. The summed E-state index contributed by atoms with van der Waals surface area (Å²) in [6, 6.07) is 16.1. The highest BCUT2D eigenvalue weighted by molar-refractivity contribution is 5.41. The summed E-state index contributed by atoms with van der Waals surface area (Å²) in [5, 5.41) is 0. The molecule has 0 saturated heterocycles. The Balaban J connectivity index is 2.32. The molecule has 0 aliphatic carbocycles. The average molecular weight is 255 g/mol. The van der Waals surface area contributed by atoms with Crippen LogP contribution in [0.15, 0.2) is 48.5 Å². The van der Waals surface area contributed by atoms with E-state index in [0.717, 1.165) is 16.9 Å². The number of rotatable bonds is 4. The second-order valence-corrected chi connectivity index (χ2v) is 5.09. The lowest BCUT2D eigenvalue weighted by Crippen LogP contribution is -2.15. The summed E-state index contributed by atoms with van der Waals surface area (Å²) in [5.74, 6) is 0.866. The topological polar surface area (TPSA) is 35.2 Å². The summed E-state index contributed by atoms with van der Waals surface area (Å²) < 4.78 is 5.83. The van der Waals surface area contributed by atoms with Gasteiger partial charge in [-0.2, -0.15) is 0 Å². The van der Waals surface area contributed by atoms with Crippen molar-refractivity contribution in [2.75, 3.05) is 0 Å². The molecule has 0 amide bonds. The van der Waals surface area contributed by atoms with Crippen LogP contribution in [-0.4, -0.2) is 6.10 Å². The smallest absolute Gasteiger partial charge is 0.124 e. The Morgan fingerprint density at radius 2 is 1.58 bits per heavy atom. The third-order valence-corrected chi connectivity index (χ3v) is 3.05. The van der Waals surface area contributed by atoms with Gasteiger partial charge in [-0.1, -0.05) is 48.0 Å². The summed E-state index contributed by atoms with van der Waals surface area (Å²) in [6.07, 6.45) is 0.145. The van der Waals surface area contributed by atoms with Crippen LogP contribution in [0.1, 0.15) is 36.6 Å². The predicted octanol–water partition coefficient (Wildman–Crippen LogP) is 3.83. The Hall–Kier alpha value is -1.80. The van der Waals surface area contributed by atoms with Crippen LogP contribution < -0.4 is 10.5 Å². The second-order valence-electron chi connectivity index (χ2n) is 5.09. The summed E-state index contributed by atoms with van der Waals surface area (Å²) >= 11 is 0. The van der Waals surface area contributed by atoms with Crippen molar-refractivity contribution >= 4 is 0 Å². The quantitative estimate of drug-likeness (QED) is 0.901. The molecule has 2 aromatic carbocycles. The predicted molar refractivity (Wildman–Crippen MR) is 79.4 cm³/mol. The first-order chi connectivity index (χ1) is 9.08. The van der Waals surface area contributed by atoms with Gasteiger partial charge >= 0.3 is 0 Å². The van der Waals surface area contributed by atoms with Crippen LogP contribution in [0.4, 0.5) is 0 Å². The van der Waals surface area contributed by atoms with E-state index in [4.69, 9.17) is 10.5 Å². The van der Waals surface area contributed by atoms with Crippen molar-refractivity contribution in [1.82, 2.24) is 0 Å². The molecule has 0 radical (unpaired) electrons. The van der Waals surface area contributed by atoms with E-state index in [0.29, 0.717) is 0 Å². The van der Waals surface area contributed by atoms with Crippen LogP contribution >= 0.6 is 0 Å². The van der Waals surface area contributed by atoms with Gasteiger partial charge in [0, 0.05) is 5.56 Å². The molecule has 2 aromatic rings. The highest BCUT2D eigenvalue weighted by atomic mass is 16.5. The van der Waals surface area contributed by atoms with Gasteiger partial charge in [-0.05, 0) is 32.4 Å². The van der Waals surface area contributed by atoms with Crippen molar-refractivity contribution in [3.8, 4) is 5.75 Å². The lowest BCUT2D eigenvalue weighted by Gasteiger charge is -2.19. The molecule has 19 heavy (non-hydrogen) atoms. The number of hydrogen-bond donors (Lipinski definition) is 1. The zero-order valence-corrected chi connectivity index (χ0v) is 11.8. The van der Waals surface area contributed by atoms with E-state index in [9.17, 15) is 0 Å². The minimum atomic E-state index is -0.157. The maximum atomic E-state index is 6.36. The van der Waals surface area contributed by atoms with Gasteiger partial charge in [0.15, 0.2) is 0 Å². The van der Waals surface area contributed by atoms with Crippen LogP contribution in [0.25, 0.3) is 0 Å². The third kappa shape index (κ3) is 3.36. The van der Waals surface area contributed by atoms with Gasteiger partial charge in [-0.3, -0.25) is 0 Å². The standard InChI is InChI=1S/C17H21NO/c1-12(2)19-16-7-5-4-6-15(16)17(18)14-10-8-13(3)9-11-14/h4-12,17H,18H2,1-3H3. The van der Waals surface area contributed by atoms with E-state index in [1.165, 1.54) is 5.56 Å². The Morgan fingerprint density at radius 3 is 2.21 bits per heavy atom. The molecule has 0 bridgehead atoms. The van der Waals surface area contributed by atoms with Crippen molar-refractivity contribution in [2.24, 2.45) is 5.73 Å². The maximum Gasteiger partial charge on any atom is 0.124 e. The molecule has 0 aliphatic heterocycles. The van der Waals surface area contributed by atoms with E-state index in [-0.39, 0.29) is 12.1 Å². The number of nitrogens with two attached hydrogens (primary N) is 1. The summed E-state index contributed by atoms with van der Waals surface area (Å²) in [5.41, 5.74) is 9.73. The number of para-hydroxylation sites is 1. The lowest BCUT2D eigenvalue weighted by molar-refractivity contribution is 0.239. The summed E-state index contributed by atoms with van der Waals surface area (Å²) in [7, 11) is 0.